The molecule has 3 aromatic rings. The zero-order valence-electron chi connectivity index (χ0n) is 10.4. The van der Waals surface area contributed by atoms with Crippen molar-refractivity contribution in [2.45, 2.75) is 9.92 Å². The van der Waals surface area contributed by atoms with E-state index in [1.165, 1.54) is 24.0 Å². The number of carbonyl (C=O) groups is 1. The first-order chi connectivity index (χ1) is 9.74. The zero-order valence-corrected chi connectivity index (χ0v) is 11.2. The Kier molecular flexibility index (Phi) is 3.35. The molecular weight excluding hydrogens is 272 g/mol. The zero-order chi connectivity index (χ0) is 13.9. The Morgan fingerprint density at radius 3 is 2.65 bits per heavy atom. The van der Waals surface area contributed by atoms with E-state index in [-0.39, 0.29) is 5.56 Å². The molecule has 3 rings (SSSR count). The molecule has 0 aliphatic carbocycles. The Balaban J connectivity index is 1.99. The second-order valence-electron chi connectivity index (χ2n) is 4.17. The fourth-order valence-corrected chi connectivity index (χ4v) is 2.80. The van der Waals surface area contributed by atoms with Crippen LogP contribution in [0.25, 0.3) is 10.8 Å². The van der Waals surface area contributed by atoms with Crippen molar-refractivity contribution < 1.29 is 9.90 Å². The lowest BCUT2D eigenvalue weighted by molar-refractivity contribution is 0.0692. The maximum absolute atomic E-state index is 11.1. The molecule has 0 bridgehead atoms. The number of hydrogen-bond acceptors (Lipinski definition) is 4. The third-order valence-corrected chi connectivity index (χ3v) is 3.84. The Morgan fingerprint density at radius 2 is 1.85 bits per heavy atom. The molecule has 0 aliphatic heterocycles. The molecule has 0 saturated heterocycles. The smallest absolute Gasteiger partial charge is 0.338 e. The van der Waals surface area contributed by atoms with Crippen LogP contribution in [0.5, 0.6) is 0 Å². The average molecular weight is 282 g/mol. The van der Waals surface area contributed by atoms with Crippen molar-refractivity contribution in [2.24, 2.45) is 0 Å². The first-order valence-electron chi connectivity index (χ1n) is 5.96. The van der Waals surface area contributed by atoms with Crippen LogP contribution < -0.4 is 0 Å². The summed E-state index contributed by atoms with van der Waals surface area (Å²) in [6, 6.07) is 15.5. The highest BCUT2D eigenvalue weighted by molar-refractivity contribution is 7.99. The van der Waals surface area contributed by atoms with Gasteiger partial charge < -0.3 is 5.11 Å². The number of carboxylic acids is 1. The minimum atomic E-state index is -0.997. The number of aromatic carboxylic acids is 1. The summed E-state index contributed by atoms with van der Waals surface area (Å²) in [6.07, 6.45) is 1.38. The highest BCUT2D eigenvalue weighted by atomic mass is 32.2. The molecule has 0 fully saturated rings. The Hall–Kier alpha value is -2.40. The van der Waals surface area contributed by atoms with E-state index < -0.39 is 5.97 Å². The molecule has 2 aromatic carbocycles. The van der Waals surface area contributed by atoms with Gasteiger partial charge in [-0.2, -0.15) is 5.10 Å². The summed E-state index contributed by atoms with van der Waals surface area (Å²) in [4.78, 5) is 12.1. The van der Waals surface area contributed by atoms with Crippen molar-refractivity contribution in [1.82, 2.24) is 10.2 Å². The molecule has 20 heavy (non-hydrogen) atoms. The van der Waals surface area contributed by atoms with E-state index in [0.29, 0.717) is 5.03 Å². The van der Waals surface area contributed by atoms with Gasteiger partial charge >= 0.3 is 5.97 Å². The summed E-state index contributed by atoms with van der Waals surface area (Å²) in [5, 5.41) is 19.4. The molecule has 0 amide bonds. The monoisotopic (exact) mass is 282 g/mol. The van der Waals surface area contributed by atoms with Gasteiger partial charge in [0.25, 0.3) is 0 Å². The quantitative estimate of drug-likeness (QED) is 0.796. The number of hydrogen-bond donors (Lipinski definition) is 1. The predicted octanol–water partition coefficient (Wildman–Crippen LogP) is 3.48. The van der Waals surface area contributed by atoms with Crippen LogP contribution in [0.3, 0.4) is 0 Å². The summed E-state index contributed by atoms with van der Waals surface area (Å²) < 4.78 is 0. The Bertz CT molecular complexity index is 789. The topological polar surface area (TPSA) is 63.1 Å². The molecule has 0 atom stereocenters. The third-order valence-electron chi connectivity index (χ3n) is 2.85. The van der Waals surface area contributed by atoms with Crippen molar-refractivity contribution in [1.29, 1.82) is 0 Å². The molecule has 1 N–H and O–H groups in total. The maximum Gasteiger partial charge on any atom is 0.338 e. The second kappa shape index (κ2) is 5.30. The highest BCUT2D eigenvalue weighted by Gasteiger charge is 2.12. The average Bonchev–Trinajstić information content (AvgIpc) is 2.47. The fourth-order valence-electron chi connectivity index (χ4n) is 1.90. The van der Waals surface area contributed by atoms with E-state index >= 15 is 0 Å². The molecule has 0 unspecified atom stereocenters. The second-order valence-corrected chi connectivity index (χ2v) is 5.23. The van der Waals surface area contributed by atoms with Crippen molar-refractivity contribution >= 4 is 28.5 Å². The molecular formula is C15H10N2O2S. The van der Waals surface area contributed by atoms with Crippen LogP contribution in [-0.4, -0.2) is 21.3 Å². The van der Waals surface area contributed by atoms with Gasteiger partial charge in [0.15, 0.2) is 0 Å². The molecule has 5 heteroatoms. The summed E-state index contributed by atoms with van der Waals surface area (Å²) >= 11 is 1.30. The van der Waals surface area contributed by atoms with E-state index in [2.05, 4.69) is 10.2 Å². The molecule has 4 nitrogen and oxygen atoms in total. The van der Waals surface area contributed by atoms with E-state index in [1.54, 1.807) is 0 Å². The highest BCUT2D eigenvalue weighted by Crippen LogP contribution is 2.30. The lowest BCUT2D eigenvalue weighted by Gasteiger charge is -2.05. The first-order valence-corrected chi connectivity index (χ1v) is 6.77. The van der Waals surface area contributed by atoms with Crippen LogP contribution in [0.2, 0.25) is 0 Å². The lowest BCUT2D eigenvalue weighted by atomic mass is 10.1. The minimum Gasteiger partial charge on any atom is -0.478 e. The Labute approximate surface area is 119 Å². The summed E-state index contributed by atoms with van der Waals surface area (Å²) in [5.41, 5.74) is 0.165. The number of benzene rings is 2. The van der Waals surface area contributed by atoms with Crippen molar-refractivity contribution in [2.75, 3.05) is 0 Å². The minimum absolute atomic E-state index is 0.165. The van der Waals surface area contributed by atoms with Crippen LogP contribution >= 0.6 is 11.8 Å². The van der Waals surface area contributed by atoms with E-state index in [9.17, 15) is 4.79 Å². The van der Waals surface area contributed by atoms with Gasteiger partial charge in [-0.3, -0.25) is 0 Å². The molecule has 0 radical (unpaired) electrons. The fraction of sp³-hybridized carbons (Fsp3) is 0. The normalized spacial score (nSPS) is 10.6. The number of aromatic nitrogens is 2. The molecule has 1 heterocycles. The van der Waals surface area contributed by atoms with Crippen LogP contribution in [0, 0.1) is 0 Å². The molecule has 1 aromatic heterocycles. The number of carboxylic acid groups (broad SMARTS) is 1. The Morgan fingerprint density at radius 1 is 1.05 bits per heavy atom. The van der Waals surface area contributed by atoms with E-state index in [0.717, 1.165) is 15.7 Å². The lowest BCUT2D eigenvalue weighted by Crippen LogP contribution is -2.01. The molecule has 98 valence electrons. The van der Waals surface area contributed by atoms with Gasteiger partial charge in [-0.1, -0.05) is 42.1 Å². The summed E-state index contributed by atoms with van der Waals surface area (Å²) in [6.45, 7) is 0. The van der Waals surface area contributed by atoms with Gasteiger partial charge in [-0.05, 0) is 29.0 Å². The van der Waals surface area contributed by atoms with Gasteiger partial charge in [0.2, 0.25) is 0 Å². The maximum atomic E-state index is 11.1. The number of rotatable bonds is 3. The number of fused-ring (bicyclic) bond motifs is 1. The van der Waals surface area contributed by atoms with E-state index in [4.69, 9.17) is 5.11 Å². The van der Waals surface area contributed by atoms with Crippen molar-refractivity contribution in [3.63, 3.8) is 0 Å². The van der Waals surface area contributed by atoms with Gasteiger partial charge in [0.05, 0.1) is 11.8 Å². The molecule has 0 aliphatic rings. The van der Waals surface area contributed by atoms with Crippen LogP contribution in [0.15, 0.2) is 64.6 Å². The largest absolute Gasteiger partial charge is 0.478 e. The van der Waals surface area contributed by atoms with E-state index in [1.807, 2.05) is 42.5 Å². The van der Waals surface area contributed by atoms with Crippen molar-refractivity contribution in [3.05, 3.63) is 60.3 Å². The van der Waals surface area contributed by atoms with Crippen molar-refractivity contribution in [3.8, 4) is 0 Å². The standard InChI is InChI=1S/C15H10N2O2S/c18-15(19)13-7-8-16-17-14(13)20-12-6-5-10-3-1-2-4-11(10)9-12/h1-9H,(H,18,19). The van der Waals surface area contributed by atoms with Gasteiger partial charge in [0, 0.05) is 4.90 Å². The van der Waals surface area contributed by atoms with Gasteiger partial charge in [-0.25, -0.2) is 4.79 Å². The van der Waals surface area contributed by atoms with Crippen LogP contribution in [0.1, 0.15) is 10.4 Å². The number of nitrogens with zero attached hydrogens (tertiary/aromatic N) is 2. The molecule has 0 saturated carbocycles. The summed E-state index contributed by atoms with van der Waals surface area (Å²) in [7, 11) is 0. The first kappa shape index (κ1) is 12.6. The van der Waals surface area contributed by atoms with Gasteiger partial charge in [0.1, 0.15) is 5.03 Å². The van der Waals surface area contributed by atoms with Crippen LogP contribution in [-0.2, 0) is 0 Å². The summed E-state index contributed by atoms with van der Waals surface area (Å²) in [5.74, 6) is -0.997. The van der Waals surface area contributed by atoms with Gasteiger partial charge in [-0.15, -0.1) is 5.10 Å². The third kappa shape index (κ3) is 2.48. The van der Waals surface area contributed by atoms with Crippen LogP contribution in [0.4, 0.5) is 0 Å². The molecule has 0 spiro atoms. The predicted molar refractivity (Wildman–Crippen MR) is 77.1 cm³/mol. The SMILES string of the molecule is O=C(O)c1ccnnc1Sc1ccc2ccccc2c1.